The van der Waals surface area contributed by atoms with Gasteiger partial charge in [0.1, 0.15) is 0 Å². The zero-order valence-corrected chi connectivity index (χ0v) is 20.4. The first kappa shape index (κ1) is 22.8. The van der Waals surface area contributed by atoms with E-state index in [1.165, 1.54) is 23.5 Å². The third-order valence-electron chi connectivity index (χ3n) is 5.54. The maximum absolute atomic E-state index is 13.1. The van der Waals surface area contributed by atoms with Crippen molar-refractivity contribution in [3.05, 3.63) is 108 Å². The van der Waals surface area contributed by atoms with Crippen molar-refractivity contribution in [1.82, 2.24) is 4.98 Å². The summed E-state index contributed by atoms with van der Waals surface area (Å²) in [4.78, 5) is 17.8. The summed E-state index contributed by atoms with van der Waals surface area (Å²) in [6, 6.07) is 27.1. The molecule has 0 unspecified atom stereocenters. The molecule has 0 radical (unpaired) electrons. The molecule has 1 heterocycles. The Kier molecular flexibility index (Phi) is 6.07. The SMILES string of the molecule is Cc1ccc(S(=O)(=O)Nc2ccccc2C(=O)Nc2nc(-c3cccc4ccccc34)cs2)cc1. The molecular formula is C27H21N3O3S2. The van der Waals surface area contributed by atoms with Crippen LogP contribution >= 0.6 is 11.3 Å². The molecule has 0 saturated heterocycles. The maximum atomic E-state index is 13.1. The van der Waals surface area contributed by atoms with E-state index in [4.69, 9.17) is 0 Å². The van der Waals surface area contributed by atoms with E-state index in [0.29, 0.717) is 5.13 Å². The number of amides is 1. The fourth-order valence-corrected chi connectivity index (χ4v) is 5.54. The number of para-hydroxylation sites is 1. The van der Waals surface area contributed by atoms with Gasteiger partial charge in [-0.3, -0.25) is 14.8 Å². The third-order valence-corrected chi connectivity index (χ3v) is 7.68. The molecule has 2 N–H and O–H groups in total. The van der Waals surface area contributed by atoms with Crippen LogP contribution in [-0.2, 0) is 10.0 Å². The highest BCUT2D eigenvalue weighted by Gasteiger charge is 2.19. The van der Waals surface area contributed by atoms with Gasteiger partial charge in [0.05, 0.1) is 21.8 Å². The summed E-state index contributed by atoms with van der Waals surface area (Å²) in [5.74, 6) is -0.453. The number of aryl methyl sites for hydroxylation is 1. The van der Waals surface area contributed by atoms with Gasteiger partial charge in [0, 0.05) is 10.9 Å². The standard InChI is InChI=1S/C27H21N3O3S2/c1-18-13-15-20(16-14-18)35(32,33)30-24-12-5-4-10-23(24)26(31)29-27-28-25(17-34-27)22-11-6-8-19-7-2-3-9-21(19)22/h2-17,30H,1H3,(H,28,29,31). The summed E-state index contributed by atoms with van der Waals surface area (Å²) >= 11 is 1.31. The largest absolute Gasteiger partial charge is 0.298 e. The molecule has 0 aliphatic rings. The number of thiazole rings is 1. The van der Waals surface area contributed by atoms with Gasteiger partial charge in [0.15, 0.2) is 5.13 Å². The molecule has 0 aliphatic heterocycles. The Balaban J connectivity index is 1.39. The van der Waals surface area contributed by atoms with Gasteiger partial charge in [-0.15, -0.1) is 11.3 Å². The highest BCUT2D eigenvalue weighted by atomic mass is 32.2. The van der Waals surface area contributed by atoms with Gasteiger partial charge in [-0.2, -0.15) is 0 Å². The summed E-state index contributed by atoms with van der Waals surface area (Å²) in [5.41, 5.74) is 3.08. The maximum Gasteiger partial charge on any atom is 0.261 e. The first-order valence-electron chi connectivity index (χ1n) is 10.8. The molecule has 4 aromatic carbocycles. The van der Waals surface area contributed by atoms with E-state index in [0.717, 1.165) is 27.6 Å². The lowest BCUT2D eigenvalue weighted by atomic mass is 10.0. The Labute approximate surface area is 207 Å². The normalized spacial score (nSPS) is 11.3. The van der Waals surface area contributed by atoms with Crippen LogP contribution in [0.4, 0.5) is 10.8 Å². The Morgan fingerprint density at radius 2 is 1.57 bits per heavy atom. The average Bonchev–Trinajstić information content (AvgIpc) is 3.32. The number of carbonyl (C=O) groups excluding carboxylic acids is 1. The van der Waals surface area contributed by atoms with Crippen LogP contribution in [0.3, 0.4) is 0 Å². The second kappa shape index (κ2) is 9.32. The van der Waals surface area contributed by atoms with Crippen molar-refractivity contribution >= 4 is 48.9 Å². The van der Waals surface area contributed by atoms with Crippen molar-refractivity contribution in [2.45, 2.75) is 11.8 Å². The van der Waals surface area contributed by atoms with Crippen LogP contribution in [0.15, 0.2) is 101 Å². The summed E-state index contributed by atoms with van der Waals surface area (Å²) in [6.07, 6.45) is 0. The molecule has 6 nitrogen and oxygen atoms in total. The van der Waals surface area contributed by atoms with Crippen LogP contribution in [-0.4, -0.2) is 19.3 Å². The lowest BCUT2D eigenvalue weighted by molar-refractivity contribution is 0.102. The van der Waals surface area contributed by atoms with Crippen molar-refractivity contribution in [2.75, 3.05) is 10.0 Å². The molecular weight excluding hydrogens is 478 g/mol. The van der Waals surface area contributed by atoms with E-state index >= 15 is 0 Å². The fraction of sp³-hybridized carbons (Fsp3) is 0.0370. The van der Waals surface area contributed by atoms with Crippen molar-refractivity contribution < 1.29 is 13.2 Å². The molecule has 5 rings (SSSR count). The van der Waals surface area contributed by atoms with E-state index < -0.39 is 15.9 Å². The van der Waals surface area contributed by atoms with Crippen LogP contribution < -0.4 is 10.0 Å². The quantitative estimate of drug-likeness (QED) is 0.286. The zero-order valence-electron chi connectivity index (χ0n) is 18.7. The number of anilines is 2. The number of aromatic nitrogens is 1. The number of hydrogen-bond acceptors (Lipinski definition) is 5. The van der Waals surface area contributed by atoms with Crippen molar-refractivity contribution in [3.63, 3.8) is 0 Å². The van der Waals surface area contributed by atoms with Gasteiger partial charge >= 0.3 is 0 Å². The molecule has 0 saturated carbocycles. The average molecular weight is 500 g/mol. The van der Waals surface area contributed by atoms with E-state index in [1.807, 2.05) is 54.8 Å². The lowest BCUT2D eigenvalue weighted by Gasteiger charge is -2.12. The van der Waals surface area contributed by atoms with Crippen LogP contribution in [0.1, 0.15) is 15.9 Å². The van der Waals surface area contributed by atoms with Crippen LogP contribution in [0.2, 0.25) is 0 Å². The highest BCUT2D eigenvalue weighted by molar-refractivity contribution is 7.92. The van der Waals surface area contributed by atoms with Crippen molar-refractivity contribution in [2.24, 2.45) is 0 Å². The molecule has 8 heteroatoms. The van der Waals surface area contributed by atoms with E-state index in [-0.39, 0.29) is 16.1 Å². The van der Waals surface area contributed by atoms with Crippen LogP contribution in [0, 0.1) is 6.92 Å². The molecule has 35 heavy (non-hydrogen) atoms. The first-order valence-corrected chi connectivity index (χ1v) is 13.2. The zero-order chi connectivity index (χ0) is 24.4. The Hall–Kier alpha value is -4.01. The van der Waals surface area contributed by atoms with Gasteiger partial charge in [0.25, 0.3) is 15.9 Å². The van der Waals surface area contributed by atoms with Crippen LogP contribution in [0.25, 0.3) is 22.0 Å². The lowest BCUT2D eigenvalue weighted by Crippen LogP contribution is -2.18. The van der Waals surface area contributed by atoms with Crippen LogP contribution in [0.5, 0.6) is 0 Å². The minimum atomic E-state index is -3.85. The molecule has 174 valence electrons. The van der Waals surface area contributed by atoms with Gasteiger partial charge in [-0.1, -0.05) is 72.3 Å². The molecule has 0 spiro atoms. The second-order valence-electron chi connectivity index (χ2n) is 7.98. The molecule has 1 amide bonds. The number of benzene rings is 4. The van der Waals surface area contributed by atoms with E-state index in [2.05, 4.69) is 15.0 Å². The molecule has 0 fully saturated rings. The Morgan fingerprint density at radius 1 is 0.857 bits per heavy atom. The smallest absolute Gasteiger partial charge is 0.261 e. The fourth-order valence-electron chi connectivity index (χ4n) is 3.76. The number of rotatable bonds is 6. The molecule has 0 atom stereocenters. The predicted octanol–water partition coefficient (Wildman–Crippen LogP) is 6.32. The van der Waals surface area contributed by atoms with E-state index in [9.17, 15) is 13.2 Å². The number of sulfonamides is 1. The highest BCUT2D eigenvalue weighted by Crippen LogP contribution is 2.31. The first-order chi connectivity index (χ1) is 16.9. The van der Waals surface area contributed by atoms with Crippen molar-refractivity contribution in [3.8, 4) is 11.3 Å². The third kappa shape index (κ3) is 4.80. The Bertz CT molecular complexity index is 1640. The topological polar surface area (TPSA) is 88.2 Å². The predicted molar refractivity (Wildman–Crippen MR) is 141 cm³/mol. The second-order valence-corrected chi connectivity index (χ2v) is 10.5. The molecule has 0 aliphatic carbocycles. The number of fused-ring (bicyclic) bond motifs is 1. The number of hydrogen-bond donors (Lipinski definition) is 2. The summed E-state index contributed by atoms with van der Waals surface area (Å²) in [5, 5.41) is 7.31. The minimum Gasteiger partial charge on any atom is -0.298 e. The number of carbonyl (C=O) groups is 1. The van der Waals surface area contributed by atoms with Crippen molar-refractivity contribution in [1.29, 1.82) is 0 Å². The molecule has 0 bridgehead atoms. The number of nitrogens with zero attached hydrogens (tertiary/aromatic N) is 1. The van der Waals surface area contributed by atoms with Gasteiger partial charge in [-0.05, 0) is 42.0 Å². The minimum absolute atomic E-state index is 0.123. The van der Waals surface area contributed by atoms with Gasteiger partial charge in [-0.25, -0.2) is 13.4 Å². The Morgan fingerprint density at radius 3 is 2.40 bits per heavy atom. The summed E-state index contributed by atoms with van der Waals surface area (Å²) in [7, 11) is -3.85. The van der Waals surface area contributed by atoms with E-state index in [1.54, 1.807) is 36.4 Å². The summed E-state index contributed by atoms with van der Waals surface area (Å²) < 4.78 is 28.3. The molecule has 1 aromatic heterocycles. The summed E-state index contributed by atoms with van der Waals surface area (Å²) in [6.45, 7) is 1.88. The van der Waals surface area contributed by atoms with Gasteiger partial charge < -0.3 is 0 Å². The van der Waals surface area contributed by atoms with Gasteiger partial charge in [0.2, 0.25) is 0 Å². The number of nitrogens with one attached hydrogen (secondary N) is 2. The monoisotopic (exact) mass is 499 g/mol. The molecule has 5 aromatic rings.